The summed E-state index contributed by atoms with van der Waals surface area (Å²) in [7, 11) is 3.23. The lowest BCUT2D eigenvalue weighted by atomic mass is 9.80. The Kier molecular flexibility index (Phi) is 2.99. The van der Waals surface area contributed by atoms with Crippen LogP contribution in [0.5, 0.6) is 0 Å². The van der Waals surface area contributed by atoms with Crippen LogP contribution in [0.3, 0.4) is 0 Å². The van der Waals surface area contributed by atoms with Crippen LogP contribution in [0.1, 0.15) is 25.7 Å². The molecular formula is C11H18N2O3. The number of methoxy groups -OCH3 is 1. The highest BCUT2D eigenvalue weighted by molar-refractivity contribution is 6.05. The van der Waals surface area contributed by atoms with Gasteiger partial charge in [-0.3, -0.25) is 14.5 Å². The monoisotopic (exact) mass is 226 g/mol. The number of hydrogen-bond donors (Lipinski definition) is 1. The predicted octanol–water partition coefficient (Wildman–Crippen LogP) is -0.0976. The molecule has 0 bridgehead atoms. The van der Waals surface area contributed by atoms with Crippen molar-refractivity contribution in [3.63, 3.8) is 0 Å². The molecule has 1 unspecified atom stereocenters. The van der Waals surface area contributed by atoms with Crippen molar-refractivity contribution in [3.05, 3.63) is 0 Å². The van der Waals surface area contributed by atoms with Gasteiger partial charge in [0.05, 0.1) is 18.1 Å². The summed E-state index contributed by atoms with van der Waals surface area (Å²) in [6.07, 6.45) is 3.50. The number of nitrogens with one attached hydrogen (secondary N) is 1. The Morgan fingerprint density at radius 2 is 2.19 bits per heavy atom. The molecule has 1 saturated carbocycles. The Labute approximate surface area is 95.1 Å². The van der Waals surface area contributed by atoms with Crippen LogP contribution in [-0.2, 0) is 14.3 Å². The number of imide groups is 1. The molecule has 1 saturated heterocycles. The van der Waals surface area contributed by atoms with Gasteiger partial charge in [-0.2, -0.15) is 0 Å². The number of rotatable bonds is 4. The van der Waals surface area contributed by atoms with Gasteiger partial charge >= 0.3 is 0 Å². The molecule has 0 aromatic rings. The summed E-state index contributed by atoms with van der Waals surface area (Å²) in [5, 5.41) is 3.15. The first-order chi connectivity index (χ1) is 7.58. The summed E-state index contributed by atoms with van der Waals surface area (Å²) < 4.78 is 5.45. The number of nitrogens with zero attached hydrogens (tertiary/aromatic N) is 1. The highest BCUT2D eigenvalue weighted by Gasteiger charge is 2.41. The normalized spacial score (nSPS) is 28.4. The minimum absolute atomic E-state index is 0.107. The van der Waals surface area contributed by atoms with E-state index in [0.717, 1.165) is 12.8 Å². The molecule has 1 N–H and O–H groups in total. The van der Waals surface area contributed by atoms with Crippen LogP contribution < -0.4 is 5.32 Å². The fourth-order valence-corrected chi connectivity index (χ4v) is 2.25. The van der Waals surface area contributed by atoms with Crippen LogP contribution in [0, 0.1) is 0 Å². The molecule has 2 aliphatic rings. The second-order valence-corrected chi connectivity index (χ2v) is 4.67. The summed E-state index contributed by atoms with van der Waals surface area (Å²) in [4.78, 5) is 24.1. The molecule has 0 aromatic heterocycles. The van der Waals surface area contributed by atoms with Gasteiger partial charge in [-0.25, -0.2) is 0 Å². The van der Waals surface area contributed by atoms with Gasteiger partial charge in [-0.15, -0.1) is 0 Å². The predicted molar refractivity (Wildman–Crippen MR) is 57.8 cm³/mol. The number of hydrogen-bond acceptors (Lipinski definition) is 4. The van der Waals surface area contributed by atoms with E-state index in [2.05, 4.69) is 5.32 Å². The zero-order valence-electron chi connectivity index (χ0n) is 9.78. The molecule has 2 rings (SSSR count). The topological polar surface area (TPSA) is 58.6 Å². The Bertz CT molecular complexity index is 307. The molecule has 2 amide bonds. The van der Waals surface area contributed by atoms with Gasteiger partial charge in [-0.05, 0) is 19.3 Å². The van der Waals surface area contributed by atoms with Crippen molar-refractivity contribution >= 4 is 11.8 Å². The largest absolute Gasteiger partial charge is 0.377 e. The van der Waals surface area contributed by atoms with Crippen molar-refractivity contribution in [3.8, 4) is 0 Å². The number of carbonyl (C=O) groups is 2. The Morgan fingerprint density at radius 3 is 2.56 bits per heavy atom. The summed E-state index contributed by atoms with van der Waals surface area (Å²) >= 11 is 0. The van der Waals surface area contributed by atoms with Crippen LogP contribution in [0.25, 0.3) is 0 Å². The maximum Gasteiger partial charge on any atom is 0.246 e. The van der Waals surface area contributed by atoms with Crippen LogP contribution in [0.4, 0.5) is 0 Å². The first-order valence-electron chi connectivity index (χ1n) is 5.67. The maximum absolute atomic E-state index is 11.6. The van der Waals surface area contributed by atoms with Gasteiger partial charge < -0.3 is 10.1 Å². The van der Waals surface area contributed by atoms with Crippen molar-refractivity contribution in [2.24, 2.45) is 0 Å². The van der Waals surface area contributed by atoms with E-state index in [1.807, 2.05) is 0 Å². The molecule has 16 heavy (non-hydrogen) atoms. The molecule has 90 valence electrons. The number of likely N-dealkylation sites (N-methyl/N-ethyl adjacent to an activating group) is 1. The molecule has 5 heteroatoms. The highest BCUT2D eigenvalue weighted by Crippen LogP contribution is 2.34. The van der Waals surface area contributed by atoms with Crippen LogP contribution >= 0.6 is 0 Å². The first kappa shape index (κ1) is 11.5. The summed E-state index contributed by atoms with van der Waals surface area (Å²) in [5.74, 6) is -0.238. The minimum atomic E-state index is -0.356. The highest BCUT2D eigenvalue weighted by atomic mass is 16.5. The number of amides is 2. The van der Waals surface area contributed by atoms with Crippen molar-refractivity contribution in [2.75, 3.05) is 20.7 Å². The lowest BCUT2D eigenvalue weighted by molar-refractivity contribution is -0.137. The van der Waals surface area contributed by atoms with Gasteiger partial charge in [0.2, 0.25) is 11.8 Å². The summed E-state index contributed by atoms with van der Waals surface area (Å²) in [5.41, 5.74) is -0.107. The van der Waals surface area contributed by atoms with Gasteiger partial charge in [0.1, 0.15) is 0 Å². The van der Waals surface area contributed by atoms with Gasteiger partial charge in [0, 0.05) is 20.7 Å². The number of carbonyl (C=O) groups excluding carboxylic acids is 2. The maximum atomic E-state index is 11.6. The van der Waals surface area contributed by atoms with Crippen LogP contribution in [0.15, 0.2) is 0 Å². The fraction of sp³-hybridized carbons (Fsp3) is 0.818. The molecule has 1 heterocycles. The SMILES string of the molecule is COC1(CNC2CC(=O)N(C)C2=O)CCC1. The average Bonchev–Trinajstić information content (AvgIpc) is 2.45. The molecular weight excluding hydrogens is 208 g/mol. The zero-order valence-corrected chi connectivity index (χ0v) is 9.78. The molecule has 2 fully saturated rings. The first-order valence-corrected chi connectivity index (χ1v) is 5.67. The Morgan fingerprint density at radius 1 is 1.50 bits per heavy atom. The van der Waals surface area contributed by atoms with E-state index in [0.29, 0.717) is 6.54 Å². The summed E-state index contributed by atoms with van der Waals surface area (Å²) in [6, 6.07) is -0.356. The molecule has 1 atom stereocenters. The smallest absolute Gasteiger partial charge is 0.246 e. The van der Waals surface area contributed by atoms with Crippen LogP contribution in [0.2, 0.25) is 0 Å². The second-order valence-electron chi connectivity index (χ2n) is 4.67. The van der Waals surface area contributed by atoms with E-state index < -0.39 is 0 Å². The van der Waals surface area contributed by atoms with Gasteiger partial charge in [0.25, 0.3) is 0 Å². The Hall–Kier alpha value is -0.940. The van der Waals surface area contributed by atoms with Gasteiger partial charge in [0.15, 0.2) is 0 Å². The lowest BCUT2D eigenvalue weighted by Gasteiger charge is -2.41. The minimum Gasteiger partial charge on any atom is -0.377 e. The van der Waals surface area contributed by atoms with E-state index in [1.165, 1.54) is 18.4 Å². The van der Waals surface area contributed by atoms with Crippen molar-refractivity contribution in [1.82, 2.24) is 10.2 Å². The molecule has 0 radical (unpaired) electrons. The van der Waals surface area contributed by atoms with Gasteiger partial charge in [-0.1, -0.05) is 0 Å². The second kappa shape index (κ2) is 4.14. The molecule has 1 aliphatic heterocycles. The van der Waals surface area contributed by atoms with E-state index in [1.54, 1.807) is 7.11 Å². The summed E-state index contributed by atoms with van der Waals surface area (Å²) in [6.45, 7) is 0.654. The average molecular weight is 226 g/mol. The van der Waals surface area contributed by atoms with Crippen molar-refractivity contribution < 1.29 is 14.3 Å². The van der Waals surface area contributed by atoms with Crippen molar-refractivity contribution in [1.29, 1.82) is 0 Å². The third kappa shape index (κ3) is 1.85. The molecule has 1 aliphatic carbocycles. The number of likely N-dealkylation sites (tertiary alicyclic amines) is 1. The molecule has 0 aromatic carbocycles. The fourth-order valence-electron chi connectivity index (χ4n) is 2.25. The van der Waals surface area contributed by atoms with Crippen molar-refractivity contribution in [2.45, 2.75) is 37.3 Å². The van der Waals surface area contributed by atoms with E-state index in [9.17, 15) is 9.59 Å². The molecule has 5 nitrogen and oxygen atoms in total. The number of ether oxygens (including phenoxy) is 1. The standard InChI is InChI=1S/C11H18N2O3/c1-13-9(14)6-8(10(13)15)12-7-11(16-2)4-3-5-11/h8,12H,3-7H2,1-2H3. The Balaban J connectivity index is 1.87. The zero-order chi connectivity index (χ0) is 11.8. The third-order valence-corrected chi connectivity index (χ3v) is 3.75. The quantitative estimate of drug-likeness (QED) is 0.680. The third-order valence-electron chi connectivity index (χ3n) is 3.75. The van der Waals surface area contributed by atoms with E-state index in [-0.39, 0.29) is 29.9 Å². The van der Waals surface area contributed by atoms with E-state index in [4.69, 9.17) is 4.74 Å². The van der Waals surface area contributed by atoms with E-state index >= 15 is 0 Å². The molecule has 0 spiro atoms. The lowest BCUT2D eigenvalue weighted by Crippen LogP contribution is -2.51. The van der Waals surface area contributed by atoms with Crippen LogP contribution in [-0.4, -0.2) is 49.1 Å².